The van der Waals surface area contributed by atoms with E-state index in [1.165, 1.54) is 18.5 Å². The molecule has 0 spiro atoms. The van der Waals surface area contributed by atoms with Gasteiger partial charge >= 0.3 is 0 Å². The van der Waals surface area contributed by atoms with Gasteiger partial charge in [0.15, 0.2) is 0 Å². The summed E-state index contributed by atoms with van der Waals surface area (Å²) in [6.07, 6.45) is 6.72. The van der Waals surface area contributed by atoms with Crippen molar-refractivity contribution in [2.45, 2.75) is 65.6 Å². The topological polar surface area (TPSA) is 33.1 Å². The van der Waals surface area contributed by atoms with Gasteiger partial charge in [-0.15, -0.1) is 0 Å². The second-order valence-electron chi connectivity index (χ2n) is 6.63. The van der Waals surface area contributed by atoms with E-state index in [9.17, 15) is 0 Å². The third-order valence-corrected chi connectivity index (χ3v) is 4.29. The molecule has 1 fully saturated rings. The van der Waals surface area contributed by atoms with Gasteiger partial charge < -0.3 is 10.2 Å². The molecule has 20 heavy (non-hydrogen) atoms. The van der Waals surface area contributed by atoms with Crippen molar-refractivity contribution in [1.82, 2.24) is 15.1 Å². The summed E-state index contributed by atoms with van der Waals surface area (Å²) in [4.78, 5) is 2.56. The quantitative estimate of drug-likeness (QED) is 0.898. The lowest BCUT2D eigenvalue weighted by Gasteiger charge is -2.43. The smallest absolute Gasteiger partial charge is 0.0756 e. The summed E-state index contributed by atoms with van der Waals surface area (Å²) in [6, 6.07) is 1.60. The highest BCUT2D eigenvalue weighted by Gasteiger charge is 2.30. The number of piperazine rings is 1. The van der Waals surface area contributed by atoms with Crippen LogP contribution in [0.15, 0.2) is 12.4 Å². The Labute approximate surface area is 123 Å². The summed E-state index contributed by atoms with van der Waals surface area (Å²) in [6.45, 7) is 13.4. The van der Waals surface area contributed by atoms with Crippen LogP contribution in [0, 0.1) is 5.92 Å². The van der Waals surface area contributed by atoms with Crippen molar-refractivity contribution in [2.24, 2.45) is 5.92 Å². The zero-order chi connectivity index (χ0) is 14.7. The summed E-state index contributed by atoms with van der Waals surface area (Å²) >= 11 is 0. The Balaban J connectivity index is 2.17. The van der Waals surface area contributed by atoms with E-state index < -0.39 is 0 Å². The summed E-state index contributed by atoms with van der Waals surface area (Å²) in [5, 5.41) is 8.22. The summed E-state index contributed by atoms with van der Waals surface area (Å²) in [7, 11) is 0. The van der Waals surface area contributed by atoms with Gasteiger partial charge in [-0.05, 0) is 26.2 Å². The zero-order valence-corrected chi connectivity index (χ0v) is 13.6. The number of nitrogens with one attached hydrogen (secondary N) is 1. The van der Waals surface area contributed by atoms with Crippen molar-refractivity contribution in [1.29, 1.82) is 0 Å². The Morgan fingerprint density at radius 3 is 2.65 bits per heavy atom. The predicted molar refractivity (Wildman–Crippen MR) is 85.3 cm³/mol. The summed E-state index contributed by atoms with van der Waals surface area (Å²) < 4.78 is 2.06. The molecule has 2 unspecified atom stereocenters. The van der Waals surface area contributed by atoms with Crippen LogP contribution in [0.1, 0.15) is 53.5 Å². The molecule has 1 aromatic heterocycles. The van der Waals surface area contributed by atoms with E-state index in [2.05, 4.69) is 60.8 Å². The van der Waals surface area contributed by atoms with Gasteiger partial charge in [0.05, 0.1) is 11.9 Å². The van der Waals surface area contributed by atoms with Crippen molar-refractivity contribution >= 4 is 5.69 Å². The average Bonchev–Trinajstić information content (AvgIpc) is 2.88. The van der Waals surface area contributed by atoms with Crippen LogP contribution in [0.5, 0.6) is 0 Å². The first-order valence-electron chi connectivity index (χ1n) is 8.07. The molecule has 0 radical (unpaired) electrons. The average molecular weight is 278 g/mol. The highest BCUT2D eigenvalue weighted by Crippen LogP contribution is 2.25. The Morgan fingerprint density at radius 2 is 2.10 bits per heavy atom. The van der Waals surface area contributed by atoms with Crippen molar-refractivity contribution in [2.75, 3.05) is 18.0 Å². The van der Waals surface area contributed by atoms with Crippen LogP contribution in [-0.2, 0) is 0 Å². The van der Waals surface area contributed by atoms with Gasteiger partial charge in [-0.3, -0.25) is 4.68 Å². The van der Waals surface area contributed by atoms with Gasteiger partial charge in [-0.2, -0.15) is 5.10 Å². The van der Waals surface area contributed by atoms with Crippen LogP contribution in [0.2, 0.25) is 0 Å². The Morgan fingerprint density at radius 1 is 1.35 bits per heavy atom. The summed E-state index contributed by atoms with van der Waals surface area (Å²) in [5.41, 5.74) is 1.28. The number of aromatic nitrogens is 2. The standard InChI is InChI=1S/C16H30N4/c1-6-7-14-10-19(16(9-17-14)12(2)3)15-8-18-20(11-15)13(4)5/h8,11-14,16-17H,6-7,9-10H2,1-5H3. The monoisotopic (exact) mass is 278 g/mol. The van der Waals surface area contributed by atoms with Crippen molar-refractivity contribution in [3.63, 3.8) is 0 Å². The highest BCUT2D eigenvalue weighted by atomic mass is 15.3. The first-order chi connectivity index (χ1) is 9.52. The maximum atomic E-state index is 4.51. The molecule has 0 bridgehead atoms. The molecule has 1 N–H and O–H groups in total. The maximum Gasteiger partial charge on any atom is 0.0756 e. The second-order valence-corrected chi connectivity index (χ2v) is 6.63. The fourth-order valence-electron chi connectivity index (χ4n) is 3.03. The van der Waals surface area contributed by atoms with Crippen LogP contribution < -0.4 is 10.2 Å². The van der Waals surface area contributed by atoms with E-state index in [4.69, 9.17) is 0 Å². The Hall–Kier alpha value is -1.03. The van der Waals surface area contributed by atoms with Crippen molar-refractivity contribution in [3.8, 4) is 0 Å². The van der Waals surface area contributed by atoms with Gasteiger partial charge in [-0.1, -0.05) is 27.2 Å². The molecule has 0 amide bonds. The second kappa shape index (κ2) is 6.61. The van der Waals surface area contributed by atoms with E-state index in [0.717, 1.165) is 13.1 Å². The molecule has 4 heteroatoms. The number of anilines is 1. The van der Waals surface area contributed by atoms with Crippen LogP contribution in [0.25, 0.3) is 0 Å². The third kappa shape index (κ3) is 3.35. The summed E-state index contributed by atoms with van der Waals surface area (Å²) in [5.74, 6) is 0.646. The highest BCUT2D eigenvalue weighted by molar-refractivity contribution is 5.45. The van der Waals surface area contributed by atoms with Gasteiger partial charge in [0.25, 0.3) is 0 Å². The third-order valence-electron chi connectivity index (χ3n) is 4.29. The normalized spacial score (nSPS) is 23.9. The molecule has 2 rings (SSSR count). The molecular weight excluding hydrogens is 248 g/mol. The van der Waals surface area contributed by atoms with Gasteiger partial charge in [0, 0.05) is 37.4 Å². The molecule has 1 aliphatic heterocycles. The SMILES string of the molecule is CCCC1CN(c2cnn(C(C)C)c2)C(C(C)C)CN1. The molecule has 2 heterocycles. The van der Waals surface area contributed by atoms with Gasteiger partial charge in [0.1, 0.15) is 0 Å². The van der Waals surface area contributed by atoms with Crippen LogP contribution >= 0.6 is 0 Å². The lowest BCUT2D eigenvalue weighted by molar-refractivity contribution is 0.327. The molecule has 1 aromatic rings. The minimum Gasteiger partial charge on any atom is -0.363 e. The molecule has 2 atom stereocenters. The van der Waals surface area contributed by atoms with E-state index in [0.29, 0.717) is 24.0 Å². The maximum absolute atomic E-state index is 4.51. The fourth-order valence-corrected chi connectivity index (χ4v) is 3.03. The lowest BCUT2D eigenvalue weighted by atomic mass is 9.97. The van der Waals surface area contributed by atoms with Crippen LogP contribution in [0.3, 0.4) is 0 Å². The first-order valence-corrected chi connectivity index (χ1v) is 8.07. The molecule has 4 nitrogen and oxygen atoms in total. The van der Waals surface area contributed by atoms with Gasteiger partial charge in [-0.25, -0.2) is 0 Å². The number of hydrogen-bond acceptors (Lipinski definition) is 3. The van der Waals surface area contributed by atoms with Crippen molar-refractivity contribution < 1.29 is 0 Å². The first kappa shape index (κ1) is 15.4. The number of hydrogen-bond donors (Lipinski definition) is 1. The van der Waals surface area contributed by atoms with Crippen molar-refractivity contribution in [3.05, 3.63) is 12.4 Å². The molecule has 0 saturated carbocycles. The minimum atomic E-state index is 0.426. The van der Waals surface area contributed by atoms with E-state index in [-0.39, 0.29) is 0 Å². The Bertz CT molecular complexity index is 410. The molecule has 0 aromatic carbocycles. The van der Waals surface area contributed by atoms with E-state index in [1.807, 2.05) is 6.20 Å². The molecular formula is C16H30N4. The molecule has 1 aliphatic rings. The van der Waals surface area contributed by atoms with E-state index >= 15 is 0 Å². The number of nitrogens with zero attached hydrogens (tertiary/aromatic N) is 3. The van der Waals surface area contributed by atoms with Crippen LogP contribution in [-0.4, -0.2) is 35.0 Å². The number of rotatable bonds is 5. The zero-order valence-electron chi connectivity index (χ0n) is 13.6. The fraction of sp³-hybridized carbons (Fsp3) is 0.812. The lowest BCUT2D eigenvalue weighted by Crippen LogP contribution is -2.58. The molecule has 1 saturated heterocycles. The molecule has 114 valence electrons. The predicted octanol–water partition coefficient (Wildman–Crippen LogP) is 3.07. The van der Waals surface area contributed by atoms with E-state index in [1.54, 1.807) is 0 Å². The largest absolute Gasteiger partial charge is 0.363 e. The van der Waals surface area contributed by atoms with Crippen LogP contribution in [0.4, 0.5) is 5.69 Å². The minimum absolute atomic E-state index is 0.426. The van der Waals surface area contributed by atoms with Gasteiger partial charge in [0.2, 0.25) is 0 Å². The molecule has 0 aliphatic carbocycles. The Kier molecular flexibility index (Phi) is 5.08.